The van der Waals surface area contributed by atoms with Gasteiger partial charge in [-0.2, -0.15) is 0 Å². The molecule has 0 aromatic heterocycles. The Bertz CT molecular complexity index is 1860. The fourth-order valence-electron chi connectivity index (χ4n) is 6.41. The maximum atomic E-state index is 2.54. The maximum Gasteiger partial charge on any atom is 0.133 e. The van der Waals surface area contributed by atoms with Crippen molar-refractivity contribution in [3.8, 4) is 11.1 Å². The van der Waals surface area contributed by atoms with E-state index in [2.05, 4.69) is 173 Å². The minimum Gasteiger partial charge on any atom is -0.350 e. The van der Waals surface area contributed by atoms with Gasteiger partial charge in [-0.15, -0.1) is 0 Å². The molecule has 3 nitrogen and oxygen atoms in total. The average Bonchev–Trinajstić information content (AvgIpc) is 3.05. The van der Waals surface area contributed by atoms with Gasteiger partial charge in [0.15, 0.2) is 0 Å². The van der Waals surface area contributed by atoms with E-state index in [1.165, 1.54) is 43.5 Å². The van der Waals surface area contributed by atoms with Crippen LogP contribution in [0.5, 0.6) is 0 Å². The van der Waals surface area contributed by atoms with Crippen molar-refractivity contribution in [2.75, 3.05) is 21.7 Å². The van der Waals surface area contributed by atoms with E-state index in [4.69, 9.17) is 0 Å². The van der Waals surface area contributed by atoms with Gasteiger partial charge in [-0.05, 0) is 66.2 Å². The second-order valence-corrected chi connectivity index (χ2v) is 11.8. The number of nitrogens with zero attached hydrogens (tertiary/aromatic N) is 3. The van der Waals surface area contributed by atoms with E-state index in [-0.39, 0.29) is 6.17 Å². The third kappa shape index (κ3) is 3.99. The highest BCUT2D eigenvalue weighted by atomic mass is 32.2. The molecule has 0 radical (unpaired) electrons. The van der Waals surface area contributed by atoms with Crippen LogP contribution in [0.1, 0.15) is 11.7 Å². The van der Waals surface area contributed by atoms with E-state index >= 15 is 0 Å². The molecule has 0 saturated heterocycles. The molecule has 1 unspecified atom stereocenters. The van der Waals surface area contributed by atoms with Crippen LogP contribution in [0.15, 0.2) is 161 Å². The molecule has 202 valence electrons. The van der Waals surface area contributed by atoms with Crippen molar-refractivity contribution in [3.63, 3.8) is 0 Å². The molecular weight excluding hydrogens is 531 g/mol. The second kappa shape index (κ2) is 10.2. The number of anilines is 6. The molecule has 1 atom stereocenters. The Balaban J connectivity index is 1.31. The molecule has 2 aliphatic rings. The maximum absolute atomic E-state index is 2.54. The Hall–Kier alpha value is -4.93. The van der Waals surface area contributed by atoms with Gasteiger partial charge in [-0.1, -0.05) is 103 Å². The van der Waals surface area contributed by atoms with Crippen LogP contribution in [-0.4, -0.2) is 7.05 Å². The van der Waals surface area contributed by atoms with Gasteiger partial charge < -0.3 is 14.7 Å². The van der Waals surface area contributed by atoms with E-state index < -0.39 is 0 Å². The van der Waals surface area contributed by atoms with Crippen LogP contribution in [0.2, 0.25) is 0 Å². The minimum absolute atomic E-state index is 0.00194. The zero-order valence-electron chi connectivity index (χ0n) is 23.3. The van der Waals surface area contributed by atoms with Crippen molar-refractivity contribution in [2.45, 2.75) is 16.0 Å². The van der Waals surface area contributed by atoms with Crippen molar-refractivity contribution in [2.24, 2.45) is 0 Å². The largest absolute Gasteiger partial charge is 0.350 e. The van der Waals surface area contributed by atoms with Crippen LogP contribution in [-0.2, 0) is 0 Å². The predicted molar refractivity (Wildman–Crippen MR) is 177 cm³/mol. The number of fused-ring (bicyclic) bond motifs is 5. The lowest BCUT2D eigenvalue weighted by Crippen LogP contribution is -2.40. The normalized spacial score (nSPS) is 14.8. The lowest BCUT2D eigenvalue weighted by atomic mass is 9.90. The van der Waals surface area contributed by atoms with Crippen LogP contribution < -0.4 is 14.7 Å². The Morgan fingerprint density at radius 1 is 0.500 bits per heavy atom. The molecule has 0 fully saturated rings. The number of hydrogen-bond donors (Lipinski definition) is 0. The molecule has 2 heterocycles. The van der Waals surface area contributed by atoms with Crippen LogP contribution >= 0.6 is 11.8 Å². The zero-order valence-corrected chi connectivity index (χ0v) is 24.1. The predicted octanol–water partition coefficient (Wildman–Crippen LogP) is 10.6. The molecule has 0 amide bonds. The molecule has 6 aromatic rings. The summed E-state index contributed by atoms with van der Waals surface area (Å²) in [5.41, 5.74) is 11.0. The second-order valence-electron chi connectivity index (χ2n) is 10.7. The molecule has 0 bridgehead atoms. The standard InChI is InChI=1S/C38H29N3S/c1-39-33-21-11-10-19-31(33)30-18-8-9-20-32(30)38(39)41-34-22-12-13-23-36(34)42-37-26-29(24-25-35(37)41)40(27-14-4-2-5-15-27)28-16-6-3-7-17-28/h2-26,38H,1H3. The summed E-state index contributed by atoms with van der Waals surface area (Å²) < 4.78 is 0. The van der Waals surface area contributed by atoms with Gasteiger partial charge in [0, 0.05) is 50.7 Å². The molecule has 8 rings (SSSR count). The third-order valence-electron chi connectivity index (χ3n) is 8.26. The number of para-hydroxylation sites is 4. The summed E-state index contributed by atoms with van der Waals surface area (Å²) in [5.74, 6) is 0. The van der Waals surface area contributed by atoms with Crippen LogP contribution in [0.4, 0.5) is 34.1 Å². The lowest BCUT2D eigenvalue weighted by molar-refractivity contribution is 0.664. The van der Waals surface area contributed by atoms with Crippen molar-refractivity contribution in [3.05, 3.63) is 157 Å². The Kier molecular flexibility index (Phi) is 6.01. The van der Waals surface area contributed by atoms with Crippen molar-refractivity contribution in [1.29, 1.82) is 0 Å². The molecule has 0 spiro atoms. The molecule has 42 heavy (non-hydrogen) atoms. The first-order valence-electron chi connectivity index (χ1n) is 14.3. The monoisotopic (exact) mass is 559 g/mol. The Morgan fingerprint density at radius 3 is 1.81 bits per heavy atom. The fraction of sp³-hybridized carbons (Fsp3) is 0.0526. The first-order chi connectivity index (χ1) is 20.8. The smallest absolute Gasteiger partial charge is 0.133 e. The minimum atomic E-state index is 0.00194. The van der Waals surface area contributed by atoms with Crippen molar-refractivity contribution < 1.29 is 0 Å². The van der Waals surface area contributed by atoms with Gasteiger partial charge >= 0.3 is 0 Å². The summed E-state index contributed by atoms with van der Waals surface area (Å²) in [5, 5.41) is 0. The summed E-state index contributed by atoms with van der Waals surface area (Å²) in [6.07, 6.45) is 0.00194. The van der Waals surface area contributed by atoms with E-state index in [0.717, 1.165) is 17.1 Å². The third-order valence-corrected chi connectivity index (χ3v) is 9.37. The summed E-state index contributed by atoms with van der Waals surface area (Å²) in [6.45, 7) is 0. The van der Waals surface area contributed by atoms with E-state index in [1.807, 2.05) is 11.8 Å². The van der Waals surface area contributed by atoms with Crippen molar-refractivity contribution in [1.82, 2.24) is 0 Å². The lowest BCUT2D eigenvalue weighted by Gasteiger charge is -2.47. The van der Waals surface area contributed by atoms with Crippen LogP contribution in [0.25, 0.3) is 11.1 Å². The molecule has 6 aromatic carbocycles. The summed E-state index contributed by atoms with van der Waals surface area (Å²) in [4.78, 5) is 9.81. The highest BCUT2D eigenvalue weighted by Crippen LogP contribution is 2.56. The molecule has 0 saturated carbocycles. The number of hydrogen-bond acceptors (Lipinski definition) is 4. The SMILES string of the molecule is CN1c2ccccc2-c2ccccc2C1N1c2ccccc2Sc2cc(N(c3ccccc3)c3ccccc3)ccc21. The fourth-order valence-corrected chi connectivity index (χ4v) is 7.51. The van der Waals surface area contributed by atoms with Crippen LogP contribution in [0.3, 0.4) is 0 Å². The van der Waals surface area contributed by atoms with E-state index in [1.54, 1.807) is 0 Å². The first-order valence-corrected chi connectivity index (χ1v) is 15.1. The summed E-state index contributed by atoms with van der Waals surface area (Å²) in [6, 6.07) is 54.6. The molecular formula is C38H29N3S. The van der Waals surface area contributed by atoms with Gasteiger partial charge in [0.1, 0.15) is 6.17 Å². The average molecular weight is 560 g/mol. The van der Waals surface area contributed by atoms with Gasteiger partial charge in [0.25, 0.3) is 0 Å². The first kappa shape index (κ1) is 24.8. The van der Waals surface area contributed by atoms with E-state index in [0.29, 0.717) is 0 Å². The van der Waals surface area contributed by atoms with Crippen molar-refractivity contribution >= 4 is 45.9 Å². The van der Waals surface area contributed by atoms with E-state index in [9.17, 15) is 0 Å². The molecule has 4 heteroatoms. The Labute approximate surface area is 251 Å². The van der Waals surface area contributed by atoms with Gasteiger partial charge in [-0.3, -0.25) is 0 Å². The van der Waals surface area contributed by atoms with Gasteiger partial charge in [-0.25, -0.2) is 0 Å². The molecule has 2 aliphatic heterocycles. The Morgan fingerprint density at radius 2 is 1.07 bits per heavy atom. The number of benzene rings is 6. The number of rotatable bonds is 4. The molecule has 0 aliphatic carbocycles. The van der Waals surface area contributed by atoms with Gasteiger partial charge in [0.05, 0.1) is 11.4 Å². The van der Waals surface area contributed by atoms with Gasteiger partial charge in [0.2, 0.25) is 0 Å². The van der Waals surface area contributed by atoms with Crippen LogP contribution in [0, 0.1) is 0 Å². The zero-order chi connectivity index (χ0) is 28.0. The summed E-state index contributed by atoms with van der Waals surface area (Å²) >= 11 is 1.85. The highest BCUT2D eigenvalue weighted by Gasteiger charge is 2.37. The molecule has 0 N–H and O–H groups in total. The topological polar surface area (TPSA) is 9.72 Å². The highest BCUT2D eigenvalue weighted by molar-refractivity contribution is 7.99. The quantitative estimate of drug-likeness (QED) is 0.212. The summed E-state index contributed by atoms with van der Waals surface area (Å²) in [7, 11) is 2.23.